The Kier molecular flexibility index (Phi) is 3.55. The van der Waals surface area contributed by atoms with Crippen LogP contribution in [-0.4, -0.2) is 17.8 Å². The van der Waals surface area contributed by atoms with Crippen LogP contribution in [0.2, 0.25) is 0 Å². The van der Waals surface area contributed by atoms with Gasteiger partial charge in [0.2, 0.25) is 0 Å². The van der Waals surface area contributed by atoms with Gasteiger partial charge in [-0.2, -0.15) is 0 Å². The van der Waals surface area contributed by atoms with E-state index in [0.717, 1.165) is 6.42 Å². The monoisotopic (exact) mass is 233 g/mol. The number of nitrogens with one attached hydrogen (secondary N) is 1. The summed E-state index contributed by atoms with van der Waals surface area (Å²) in [5.41, 5.74) is 3.14. The van der Waals surface area contributed by atoms with E-state index in [9.17, 15) is 5.11 Å². The van der Waals surface area contributed by atoms with Crippen molar-refractivity contribution in [1.82, 2.24) is 5.32 Å². The standard InChI is InChI=1S/C15H23NO/c1-11(17)10-16-14-8-9-15(2,3)13-7-5-4-6-12(13)14/h4-7,11,14,16-17H,8-10H2,1-3H3/t11-,14?/m1/s1. The highest BCUT2D eigenvalue weighted by atomic mass is 16.3. The highest BCUT2D eigenvalue weighted by Gasteiger charge is 2.31. The predicted molar refractivity (Wildman–Crippen MR) is 71.1 cm³/mol. The Morgan fingerprint density at radius 1 is 1.41 bits per heavy atom. The number of rotatable bonds is 3. The first kappa shape index (κ1) is 12.6. The first-order chi connectivity index (χ1) is 8.00. The van der Waals surface area contributed by atoms with E-state index in [4.69, 9.17) is 0 Å². The van der Waals surface area contributed by atoms with Gasteiger partial charge in [0.05, 0.1) is 6.10 Å². The van der Waals surface area contributed by atoms with Crippen LogP contribution in [0.3, 0.4) is 0 Å². The van der Waals surface area contributed by atoms with Crippen LogP contribution in [0.25, 0.3) is 0 Å². The Morgan fingerprint density at radius 3 is 2.82 bits per heavy atom. The Hall–Kier alpha value is -0.860. The Bertz CT molecular complexity index is 384. The molecule has 0 spiro atoms. The third-order valence-electron chi connectivity index (χ3n) is 3.78. The fraction of sp³-hybridized carbons (Fsp3) is 0.600. The van der Waals surface area contributed by atoms with Crippen LogP contribution < -0.4 is 5.32 Å². The van der Waals surface area contributed by atoms with E-state index in [0.29, 0.717) is 12.6 Å². The van der Waals surface area contributed by atoms with Gasteiger partial charge in [0.25, 0.3) is 0 Å². The maximum absolute atomic E-state index is 9.37. The molecular weight excluding hydrogens is 210 g/mol. The lowest BCUT2D eigenvalue weighted by atomic mass is 9.71. The largest absolute Gasteiger partial charge is 0.392 e. The van der Waals surface area contributed by atoms with Gasteiger partial charge in [0.1, 0.15) is 0 Å². The lowest BCUT2D eigenvalue weighted by molar-refractivity contribution is 0.182. The number of hydrogen-bond donors (Lipinski definition) is 2. The van der Waals surface area contributed by atoms with Gasteiger partial charge in [-0.25, -0.2) is 0 Å². The summed E-state index contributed by atoms with van der Waals surface area (Å²) in [5.74, 6) is 0. The number of aliphatic hydroxyl groups excluding tert-OH is 1. The summed E-state index contributed by atoms with van der Waals surface area (Å²) in [6, 6.07) is 9.09. The summed E-state index contributed by atoms with van der Waals surface area (Å²) < 4.78 is 0. The molecule has 0 heterocycles. The maximum atomic E-state index is 9.37. The maximum Gasteiger partial charge on any atom is 0.0636 e. The second-order valence-corrected chi connectivity index (χ2v) is 5.82. The summed E-state index contributed by atoms with van der Waals surface area (Å²) in [5, 5.41) is 12.8. The normalized spacial score (nSPS) is 24.1. The summed E-state index contributed by atoms with van der Waals surface area (Å²) in [4.78, 5) is 0. The van der Waals surface area contributed by atoms with E-state index in [1.807, 2.05) is 6.92 Å². The Morgan fingerprint density at radius 2 is 2.12 bits per heavy atom. The fourth-order valence-electron chi connectivity index (χ4n) is 2.74. The minimum atomic E-state index is -0.280. The van der Waals surface area contributed by atoms with E-state index in [1.165, 1.54) is 17.5 Å². The molecule has 0 aliphatic heterocycles. The molecule has 0 bridgehead atoms. The van der Waals surface area contributed by atoms with Gasteiger partial charge in [0, 0.05) is 12.6 Å². The molecule has 2 N–H and O–H groups in total. The second-order valence-electron chi connectivity index (χ2n) is 5.82. The van der Waals surface area contributed by atoms with Crippen molar-refractivity contribution in [3.8, 4) is 0 Å². The molecule has 1 aromatic carbocycles. The average molecular weight is 233 g/mol. The molecule has 0 saturated heterocycles. The lowest BCUT2D eigenvalue weighted by Crippen LogP contribution is -2.35. The molecule has 1 aliphatic rings. The van der Waals surface area contributed by atoms with Crippen molar-refractivity contribution in [2.24, 2.45) is 0 Å². The van der Waals surface area contributed by atoms with Crippen LogP contribution in [-0.2, 0) is 5.41 Å². The topological polar surface area (TPSA) is 32.3 Å². The lowest BCUT2D eigenvalue weighted by Gasteiger charge is -2.37. The van der Waals surface area contributed by atoms with E-state index in [2.05, 4.69) is 43.4 Å². The van der Waals surface area contributed by atoms with E-state index in [-0.39, 0.29) is 11.5 Å². The molecule has 2 nitrogen and oxygen atoms in total. The Balaban J connectivity index is 2.22. The van der Waals surface area contributed by atoms with Crippen LogP contribution >= 0.6 is 0 Å². The number of hydrogen-bond acceptors (Lipinski definition) is 2. The van der Waals surface area contributed by atoms with Crippen LogP contribution in [0.15, 0.2) is 24.3 Å². The van der Waals surface area contributed by atoms with Gasteiger partial charge in [0.15, 0.2) is 0 Å². The molecule has 1 aromatic rings. The molecule has 17 heavy (non-hydrogen) atoms. The van der Waals surface area contributed by atoms with E-state index < -0.39 is 0 Å². The SMILES string of the molecule is C[C@@H](O)CNC1CCC(C)(C)c2ccccc21. The molecule has 0 saturated carbocycles. The highest BCUT2D eigenvalue weighted by molar-refractivity contribution is 5.38. The van der Waals surface area contributed by atoms with Crippen molar-refractivity contribution in [2.45, 2.75) is 51.2 Å². The molecule has 0 radical (unpaired) electrons. The van der Waals surface area contributed by atoms with Gasteiger partial charge in [-0.05, 0) is 36.3 Å². The molecule has 2 atom stereocenters. The van der Waals surface area contributed by atoms with Gasteiger partial charge < -0.3 is 10.4 Å². The molecule has 1 aliphatic carbocycles. The smallest absolute Gasteiger partial charge is 0.0636 e. The fourth-order valence-corrected chi connectivity index (χ4v) is 2.74. The first-order valence-corrected chi connectivity index (χ1v) is 6.51. The number of aliphatic hydroxyl groups is 1. The first-order valence-electron chi connectivity index (χ1n) is 6.51. The second kappa shape index (κ2) is 4.79. The van der Waals surface area contributed by atoms with Crippen molar-refractivity contribution in [3.05, 3.63) is 35.4 Å². The van der Waals surface area contributed by atoms with Crippen LogP contribution in [0.5, 0.6) is 0 Å². The van der Waals surface area contributed by atoms with Crippen molar-refractivity contribution < 1.29 is 5.11 Å². The van der Waals surface area contributed by atoms with Crippen molar-refractivity contribution in [2.75, 3.05) is 6.54 Å². The number of fused-ring (bicyclic) bond motifs is 1. The van der Waals surface area contributed by atoms with Gasteiger partial charge >= 0.3 is 0 Å². The predicted octanol–water partition coefficient (Wildman–Crippen LogP) is 2.77. The minimum Gasteiger partial charge on any atom is -0.392 e. The van der Waals surface area contributed by atoms with Crippen LogP contribution in [0, 0.1) is 0 Å². The minimum absolute atomic E-state index is 0.277. The highest BCUT2D eigenvalue weighted by Crippen LogP contribution is 2.41. The van der Waals surface area contributed by atoms with E-state index in [1.54, 1.807) is 0 Å². The van der Waals surface area contributed by atoms with Crippen molar-refractivity contribution in [3.63, 3.8) is 0 Å². The quantitative estimate of drug-likeness (QED) is 0.841. The summed E-state index contributed by atoms with van der Waals surface area (Å²) in [7, 11) is 0. The van der Waals surface area contributed by atoms with Crippen LogP contribution in [0.1, 0.15) is 50.8 Å². The molecular formula is C15H23NO. The molecule has 0 amide bonds. The molecule has 0 fully saturated rings. The molecule has 0 aromatic heterocycles. The summed E-state index contributed by atoms with van der Waals surface area (Å²) in [6.45, 7) is 7.12. The van der Waals surface area contributed by atoms with Gasteiger partial charge in [-0.15, -0.1) is 0 Å². The number of benzene rings is 1. The van der Waals surface area contributed by atoms with Crippen LogP contribution in [0.4, 0.5) is 0 Å². The molecule has 2 heteroatoms. The zero-order valence-electron chi connectivity index (χ0n) is 11.0. The van der Waals surface area contributed by atoms with Gasteiger partial charge in [-0.1, -0.05) is 38.1 Å². The average Bonchev–Trinajstić information content (AvgIpc) is 2.28. The van der Waals surface area contributed by atoms with E-state index >= 15 is 0 Å². The third kappa shape index (κ3) is 2.70. The van der Waals surface area contributed by atoms with Crippen molar-refractivity contribution in [1.29, 1.82) is 0 Å². The third-order valence-corrected chi connectivity index (χ3v) is 3.78. The van der Waals surface area contributed by atoms with Gasteiger partial charge in [-0.3, -0.25) is 0 Å². The zero-order valence-corrected chi connectivity index (χ0v) is 11.0. The zero-order chi connectivity index (χ0) is 12.5. The molecule has 1 unspecified atom stereocenters. The summed E-state index contributed by atoms with van der Waals surface area (Å²) >= 11 is 0. The van der Waals surface area contributed by atoms with Crippen molar-refractivity contribution >= 4 is 0 Å². The molecule has 94 valence electrons. The summed E-state index contributed by atoms with van der Waals surface area (Å²) in [6.07, 6.45) is 2.06. The molecule has 2 rings (SSSR count). The Labute approximate surface area is 104 Å².